The number of carbonyl (C=O) groups is 2. The van der Waals surface area contributed by atoms with E-state index in [1.165, 1.54) is 0 Å². The lowest BCUT2D eigenvalue weighted by molar-refractivity contribution is 0.101. The van der Waals surface area contributed by atoms with E-state index in [0.29, 0.717) is 16.8 Å². The molecular formula is C18H12Cl2N2O2. The zero-order chi connectivity index (χ0) is 17.1. The maximum atomic E-state index is 11.8. The number of aldehydes is 1. The molecule has 120 valence electrons. The summed E-state index contributed by atoms with van der Waals surface area (Å²) in [6, 6.07) is 16.2. The highest BCUT2D eigenvalue weighted by atomic mass is 35.5. The quantitative estimate of drug-likeness (QED) is 0.387. The second kappa shape index (κ2) is 6.99. The molecule has 3 aromatic rings. The molecule has 0 aliphatic carbocycles. The Bertz CT molecular complexity index is 872. The maximum Gasteiger partial charge on any atom is 0.195 e. The summed E-state index contributed by atoms with van der Waals surface area (Å²) in [5, 5.41) is 4.48. The number of hydrogen-bond donors (Lipinski definition) is 0. The lowest BCUT2D eigenvalue weighted by Crippen LogP contribution is -2.07. The van der Waals surface area contributed by atoms with Crippen LogP contribution in [0, 0.1) is 0 Å². The summed E-state index contributed by atoms with van der Waals surface area (Å²) in [6.45, 7) is 0. The van der Waals surface area contributed by atoms with Gasteiger partial charge in [0.25, 0.3) is 0 Å². The van der Waals surface area contributed by atoms with E-state index in [9.17, 15) is 9.59 Å². The number of hydrogen-bond acceptors (Lipinski definition) is 3. The van der Waals surface area contributed by atoms with E-state index in [0.717, 1.165) is 17.5 Å². The van der Waals surface area contributed by atoms with E-state index in [1.54, 1.807) is 35.1 Å². The van der Waals surface area contributed by atoms with Crippen LogP contribution in [0.3, 0.4) is 0 Å². The van der Waals surface area contributed by atoms with Crippen LogP contribution in [0.5, 0.6) is 0 Å². The number of carbonyl (C=O) groups excluding carboxylic acids is 2. The number of Topliss-reactive ketones (excluding diaryl/α,β-unsaturated/α-hetero) is 1. The van der Waals surface area contributed by atoms with Gasteiger partial charge in [-0.15, -0.1) is 0 Å². The Morgan fingerprint density at radius 2 is 1.71 bits per heavy atom. The highest BCUT2D eigenvalue weighted by molar-refractivity contribution is 6.55. The number of nitrogens with zero attached hydrogens (tertiary/aromatic N) is 2. The lowest BCUT2D eigenvalue weighted by Gasteiger charge is -2.03. The molecule has 0 aliphatic rings. The molecule has 0 unspecified atom stereocenters. The third kappa shape index (κ3) is 3.25. The fraction of sp³-hybridized carbons (Fsp3) is 0.0556. The van der Waals surface area contributed by atoms with Gasteiger partial charge in [0.1, 0.15) is 5.69 Å². The minimum atomic E-state index is -1.10. The molecule has 0 N–H and O–H groups in total. The average molecular weight is 359 g/mol. The minimum Gasteiger partial charge on any atom is -0.298 e. The third-order valence-corrected chi connectivity index (χ3v) is 3.93. The van der Waals surface area contributed by atoms with Gasteiger partial charge < -0.3 is 0 Å². The van der Waals surface area contributed by atoms with Gasteiger partial charge in [0.15, 0.2) is 16.9 Å². The smallest absolute Gasteiger partial charge is 0.195 e. The first kappa shape index (κ1) is 16.4. The largest absolute Gasteiger partial charge is 0.298 e. The normalized spacial score (nSPS) is 10.8. The second-order valence-electron chi connectivity index (χ2n) is 5.07. The minimum absolute atomic E-state index is 0.365. The van der Waals surface area contributed by atoms with E-state index in [1.807, 2.05) is 30.3 Å². The molecule has 6 heteroatoms. The van der Waals surface area contributed by atoms with Crippen molar-refractivity contribution in [3.8, 4) is 16.9 Å². The molecule has 24 heavy (non-hydrogen) atoms. The summed E-state index contributed by atoms with van der Waals surface area (Å²) >= 11 is 11.2. The number of rotatable bonds is 5. The van der Waals surface area contributed by atoms with Crippen molar-refractivity contribution in [2.45, 2.75) is 4.84 Å². The number of para-hydroxylation sites is 1. The molecule has 2 aromatic carbocycles. The number of halogens is 2. The van der Waals surface area contributed by atoms with Crippen molar-refractivity contribution in [2.75, 3.05) is 0 Å². The predicted molar refractivity (Wildman–Crippen MR) is 94.2 cm³/mol. The van der Waals surface area contributed by atoms with Crippen LogP contribution < -0.4 is 0 Å². The van der Waals surface area contributed by atoms with E-state index in [2.05, 4.69) is 5.10 Å². The van der Waals surface area contributed by atoms with Crippen molar-refractivity contribution in [2.24, 2.45) is 0 Å². The van der Waals surface area contributed by atoms with Crippen molar-refractivity contribution >= 4 is 35.3 Å². The van der Waals surface area contributed by atoms with Gasteiger partial charge in [-0.1, -0.05) is 65.7 Å². The lowest BCUT2D eigenvalue weighted by atomic mass is 10.0. The Kier molecular flexibility index (Phi) is 4.79. The summed E-state index contributed by atoms with van der Waals surface area (Å²) in [5.41, 5.74) is 2.99. The number of benzene rings is 2. The van der Waals surface area contributed by atoms with Gasteiger partial charge in [0, 0.05) is 17.3 Å². The van der Waals surface area contributed by atoms with Gasteiger partial charge >= 0.3 is 0 Å². The summed E-state index contributed by atoms with van der Waals surface area (Å²) in [4.78, 5) is 22.0. The van der Waals surface area contributed by atoms with Crippen LogP contribution in [-0.2, 0) is 0 Å². The fourth-order valence-electron chi connectivity index (χ4n) is 2.33. The van der Waals surface area contributed by atoms with Crippen LogP contribution in [0.4, 0.5) is 0 Å². The average Bonchev–Trinajstić information content (AvgIpc) is 3.06. The third-order valence-electron chi connectivity index (χ3n) is 3.53. The molecule has 0 saturated carbocycles. The van der Waals surface area contributed by atoms with Gasteiger partial charge in [0.2, 0.25) is 0 Å². The zero-order valence-corrected chi connectivity index (χ0v) is 13.9. The molecular weight excluding hydrogens is 347 g/mol. The molecule has 3 rings (SSSR count). The summed E-state index contributed by atoms with van der Waals surface area (Å²) in [6.07, 6.45) is 2.43. The standard InChI is InChI=1S/C18H12Cl2N2O2/c19-18(20)17(24)13-8-6-12(7-9-13)16-14(11-23)10-22(21-16)15-4-2-1-3-5-15/h1-11,18H. The van der Waals surface area contributed by atoms with E-state index in [-0.39, 0.29) is 5.78 Å². The molecule has 0 aliphatic heterocycles. The van der Waals surface area contributed by atoms with Gasteiger partial charge in [-0.2, -0.15) is 5.10 Å². The van der Waals surface area contributed by atoms with Gasteiger partial charge in [0.05, 0.1) is 11.3 Å². The highest BCUT2D eigenvalue weighted by Gasteiger charge is 2.16. The maximum absolute atomic E-state index is 11.8. The van der Waals surface area contributed by atoms with Crippen LogP contribution in [0.2, 0.25) is 0 Å². The Hall–Kier alpha value is -2.43. The SMILES string of the molecule is O=Cc1cn(-c2ccccc2)nc1-c1ccc(C(=O)C(Cl)Cl)cc1. The van der Waals surface area contributed by atoms with Crippen LogP contribution in [-0.4, -0.2) is 26.7 Å². The molecule has 0 atom stereocenters. The number of aromatic nitrogens is 2. The second-order valence-corrected chi connectivity index (χ2v) is 6.17. The first-order chi connectivity index (χ1) is 11.6. The van der Waals surface area contributed by atoms with E-state index >= 15 is 0 Å². The number of ketones is 1. The molecule has 0 radical (unpaired) electrons. The Balaban J connectivity index is 1.99. The van der Waals surface area contributed by atoms with Gasteiger partial charge in [-0.25, -0.2) is 4.68 Å². The van der Waals surface area contributed by atoms with Gasteiger partial charge in [-0.3, -0.25) is 9.59 Å². The van der Waals surface area contributed by atoms with Crippen molar-refractivity contribution in [3.05, 3.63) is 71.9 Å². The Morgan fingerprint density at radius 3 is 2.29 bits per heavy atom. The predicted octanol–water partition coefficient (Wildman–Crippen LogP) is 4.34. The van der Waals surface area contributed by atoms with Crippen LogP contribution in [0.25, 0.3) is 16.9 Å². The van der Waals surface area contributed by atoms with Gasteiger partial charge in [-0.05, 0) is 12.1 Å². The molecule has 1 aromatic heterocycles. The van der Waals surface area contributed by atoms with Crippen LogP contribution in [0.1, 0.15) is 20.7 Å². The molecule has 4 nitrogen and oxygen atoms in total. The molecule has 0 amide bonds. The monoisotopic (exact) mass is 358 g/mol. The Labute approximate surface area is 148 Å². The first-order valence-electron chi connectivity index (χ1n) is 7.13. The van der Waals surface area contributed by atoms with E-state index < -0.39 is 4.84 Å². The Morgan fingerprint density at radius 1 is 1.04 bits per heavy atom. The van der Waals surface area contributed by atoms with Crippen LogP contribution >= 0.6 is 23.2 Å². The van der Waals surface area contributed by atoms with Crippen LogP contribution in [0.15, 0.2) is 60.8 Å². The highest BCUT2D eigenvalue weighted by Crippen LogP contribution is 2.24. The fourth-order valence-corrected chi connectivity index (χ4v) is 2.58. The molecule has 0 saturated heterocycles. The summed E-state index contributed by atoms with van der Waals surface area (Å²) in [7, 11) is 0. The molecule has 1 heterocycles. The zero-order valence-electron chi connectivity index (χ0n) is 12.4. The molecule has 0 bridgehead atoms. The van der Waals surface area contributed by atoms with Crippen molar-refractivity contribution < 1.29 is 9.59 Å². The first-order valence-corrected chi connectivity index (χ1v) is 8.00. The topological polar surface area (TPSA) is 52.0 Å². The van der Waals surface area contributed by atoms with Crippen molar-refractivity contribution in [1.82, 2.24) is 9.78 Å². The summed E-state index contributed by atoms with van der Waals surface area (Å²) in [5.74, 6) is -0.365. The van der Waals surface area contributed by atoms with Crippen molar-refractivity contribution in [3.63, 3.8) is 0 Å². The molecule has 0 spiro atoms. The number of alkyl halides is 2. The molecule has 0 fully saturated rings. The van der Waals surface area contributed by atoms with E-state index in [4.69, 9.17) is 23.2 Å². The summed E-state index contributed by atoms with van der Waals surface area (Å²) < 4.78 is 1.64. The van der Waals surface area contributed by atoms with Crippen molar-refractivity contribution in [1.29, 1.82) is 0 Å².